The van der Waals surface area contributed by atoms with E-state index in [9.17, 15) is 15.0 Å². The number of hydrogen-bond acceptors (Lipinski definition) is 3. The molecule has 0 aromatic heterocycles. The van der Waals surface area contributed by atoms with E-state index in [1.807, 2.05) is 18.2 Å². The Labute approximate surface area is 116 Å². The normalized spacial score (nSPS) is 10.0. The molecule has 0 fully saturated rings. The fourth-order valence-electron chi connectivity index (χ4n) is 1.74. The number of benzene rings is 2. The van der Waals surface area contributed by atoms with E-state index in [4.69, 9.17) is 0 Å². The molecule has 0 aliphatic carbocycles. The number of carbonyl (C=O) groups excluding carboxylic acids is 1. The minimum absolute atomic E-state index is 0.150. The topological polar surface area (TPSA) is 81.6 Å². The number of phenolic OH excluding ortho intramolecular Hbond substituents is 2. The lowest BCUT2D eigenvalue weighted by Crippen LogP contribution is -2.30. The van der Waals surface area contributed by atoms with Crippen LogP contribution in [0.2, 0.25) is 0 Å². The molecule has 5 heteroatoms. The molecular weight excluding hydrogens is 256 g/mol. The van der Waals surface area contributed by atoms with Gasteiger partial charge < -0.3 is 20.8 Å². The lowest BCUT2D eigenvalue weighted by atomic mass is 10.1. The Balaban J connectivity index is 1.78. The Bertz CT molecular complexity index is 585. The Morgan fingerprint density at radius 1 is 1.00 bits per heavy atom. The van der Waals surface area contributed by atoms with Crippen molar-refractivity contribution < 1.29 is 15.0 Å². The van der Waals surface area contributed by atoms with Crippen LogP contribution < -0.4 is 10.6 Å². The van der Waals surface area contributed by atoms with Crippen LogP contribution >= 0.6 is 0 Å². The minimum Gasteiger partial charge on any atom is -0.504 e. The quantitative estimate of drug-likeness (QED) is 0.645. The molecule has 0 atom stereocenters. The minimum atomic E-state index is -0.279. The maximum atomic E-state index is 11.6. The summed E-state index contributed by atoms with van der Waals surface area (Å²) in [5.74, 6) is -0.306. The summed E-state index contributed by atoms with van der Waals surface area (Å²) in [6.07, 6.45) is 0.566. The van der Waals surface area contributed by atoms with Crippen molar-refractivity contribution in [3.8, 4) is 11.5 Å². The molecule has 0 saturated carbocycles. The number of urea groups is 1. The highest BCUT2D eigenvalue weighted by Crippen LogP contribution is 2.24. The predicted octanol–water partition coefficient (Wildman–Crippen LogP) is 2.46. The standard InChI is InChI=1S/C15H16N2O3/c18-13-7-6-11(10-14(13)19)8-9-16-15(20)17-12-4-2-1-3-5-12/h1-7,10,18-19H,8-9H2,(H2,16,17,20). The summed E-state index contributed by atoms with van der Waals surface area (Å²) in [6, 6.07) is 13.5. The van der Waals surface area contributed by atoms with Crippen molar-refractivity contribution in [1.82, 2.24) is 5.32 Å². The highest BCUT2D eigenvalue weighted by molar-refractivity contribution is 5.89. The molecule has 0 heterocycles. The number of para-hydroxylation sites is 1. The summed E-state index contributed by atoms with van der Waals surface area (Å²) in [4.78, 5) is 11.6. The average molecular weight is 272 g/mol. The van der Waals surface area contributed by atoms with Crippen molar-refractivity contribution in [2.75, 3.05) is 11.9 Å². The fourth-order valence-corrected chi connectivity index (χ4v) is 1.74. The van der Waals surface area contributed by atoms with Gasteiger partial charge in [-0.25, -0.2) is 4.79 Å². The molecule has 0 unspecified atom stereocenters. The van der Waals surface area contributed by atoms with Crippen molar-refractivity contribution in [3.05, 3.63) is 54.1 Å². The van der Waals surface area contributed by atoms with Gasteiger partial charge in [0.25, 0.3) is 0 Å². The van der Waals surface area contributed by atoms with E-state index in [0.717, 1.165) is 11.3 Å². The van der Waals surface area contributed by atoms with E-state index >= 15 is 0 Å². The summed E-state index contributed by atoms with van der Waals surface area (Å²) in [7, 11) is 0. The second-order valence-corrected chi connectivity index (χ2v) is 4.32. The van der Waals surface area contributed by atoms with E-state index in [1.54, 1.807) is 18.2 Å². The largest absolute Gasteiger partial charge is 0.504 e. The van der Waals surface area contributed by atoms with Crippen molar-refractivity contribution in [2.24, 2.45) is 0 Å². The summed E-state index contributed by atoms with van der Waals surface area (Å²) in [6.45, 7) is 0.433. The van der Waals surface area contributed by atoms with Gasteiger partial charge in [0.05, 0.1) is 0 Å². The second kappa shape index (κ2) is 6.47. The van der Waals surface area contributed by atoms with Gasteiger partial charge in [-0.3, -0.25) is 0 Å². The average Bonchev–Trinajstić information content (AvgIpc) is 2.44. The van der Waals surface area contributed by atoms with Crippen LogP contribution in [0.15, 0.2) is 48.5 Å². The first-order valence-electron chi connectivity index (χ1n) is 6.26. The lowest BCUT2D eigenvalue weighted by molar-refractivity contribution is 0.252. The van der Waals surface area contributed by atoms with E-state index < -0.39 is 0 Å². The zero-order chi connectivity index (χ0) is 14.4. The van der Waals surface area contributed by atoms with Crippen molar-refractivity contribution in [1.29, 1.82) is 0 Å². The second-order valence-electron chi connectivity index (χ2n) is 4.32. The number of phenols is 2. The van der Waals surface area contributed by atoms with Gasteiger partial charge in [0, 0.05) is 12.2 Å². The Morgan fingerprint density at radius 3 is 2.45 bits per heavy atom. The maximum Gasteiger partial charge on any atom is 0.319 e. The number of carbonyl (C=O) groups is 1. The number of aromatic hydroxyl groups is 2. The van der Waals surface area contributed by atoms with Gasteiger partial charge in [0.15, 0.2) is 11.5 Å². The number of anilines is 1. The highest BCUT2D eigenvalue weighted by atomic mass is 16.3. The Morgan fingerprint density at radius 2 is 1.75 bits per heavy atom. The lowest BCUT2D eigenvalue weighted by Gasteiger charge is -2.08. The fraction of sp³-hybridized carbons (Fsp3) is 0.133. The number of amides is 2. The zero-order valence-electron chi connectivity index (χ0n) is 10.8. The summed E-state index contributed by atoms with van der Waals surface area (Å²) < 4.78 is 0. The summed E-state index contributed by atoms with van der Waals surface area (Å²) >= 11 is 0. The molecule has 0 saturated heterocycles. The van der Waals surface area contributed by atoms with Gasteiger partial charge >= 0.3 is 6.03 Å². The third-order valence-corrected chi connectivity index (χ3v) is 2.77. The van der Waals surface area contributed by atoms with E-state index in [0.29, 0.717) is 13.0 Å². The first kappa shape index (κ1) is 13.7. The number of hydrogen-bond donors (Lipinski definition) is 4. The van der Waals surface area contributed by atoms with Gasteiger partial charge in [-0.05, 0) is 36.2 Å². The molecule has 5 nitrogen and oxygen atoms in total. The van der Waals surface area contributed by atoms with Crippen LogP contribution in [-0.2, 0) is 6.42 Å². The van der Waals surface area contributed by atoms with Crippen LogP contribution in [0.1, 0.15) is 5.56 Å². The van der Waals surface area contributed by atoms with E-state index in [-0.39, 0.29) is 17.5 Å². The van der Waals surface area contributed by atoms with Crippen molar-refractivity contribution in [2.45, 2.75) is 6.42 Å². The molecule has 0 aliphatic heterocycles. The smallest absolute Gasteiger partial charge is 0.319 e. The molecular formula is C15H16N2O3. The van der Waals surface area contributed by atoms with Crippen LogP contribution in [0.25, 0.3) is 0 Å². The first-order valence-corrected chi connectivity index (χ1v) is 6.26. The van der Waals surface area contributed by atoms with Crippen molar-refractivity contribution in [3.63, 3.8) is 0 Å². The van der Waals surface area contributed by atoms with Gasteiger partial charge in [0.2, 0.25) is 0 Å². The highest BCUT2D eigenvalue weighted by Gasteiger charge is 2.03. The molecule has 20 heavy (non-hydrogen) atoms. The molecule has 2 aromatic carbocycles. The molecule has 0 spiro atoms. The Kier molecular flexibility index (Phi) is 4.44. The first-order chi connectivity index (χ1) is 9.65. The van der Waals surface area contributed by atoms with Gasteiger partial charge in [-0.15, -0.1) is 0 Å². The molecule has 2 aromatic rings. The van der Waals surface area contributed by atoms with Gasteiger partial charge in [0.1, 0.15) is 0 Å². The SMILES string of the molecule is O=C(NCCc1ccc(O)c(O)c1)Nc1ccccc1. The van der Waals surface area contributed by atoms with E-state index in [2.05, 4.69) is 10.6 Å². The maximum absolute atomic E-state index is 11.6. The summed E-state index contributed by atoms with van der Waals surface area (Å²) in [5.41, 5.74) is 1.56. The van der Waals surface area contributed by atoms with Crippen LogP contribution in [0.3, 0.4) is 0 Å². The van der Waals surface area contributed by atoms with Crippen LogP contribution in [0, 0.1) is 0 Å². The third kappa shape index (κ3) is 3.91. The molecule has 2 rings (SSSR count). The molecule has 4 N–H and O–H groups in total. The van der Waals surface area contributed by atoms with Crippen LogP contribution in [0.5, 0.6) is 11.5 Å². The summed E-state index contributed by atoms with van der Waals surface area (Å²) in [5, 5.41) is 24.0. The number of nitrogens with one attached hydrogen (secondary N) is 2. The molecule has 0 radical (unpaired) electrons. The van der Waals surface area contributed by atoms with E-state index in [1.165, 1.54) is 12.1 Å². The number of rotatable bonds is 4. The molecule has 0 bridgehead atoms. The molecule has 2 amide bonds. The third-order valence-electron chi connectivity index (χ3n) is 2.77. The Hall–Kier alpha value is -2.69. The zero-order valence-corrected chi connectivity index (χ0v) is 10.8. The van der Waals surface area contributed by atoms with Crippen LogP contribution in [0.4, 0.5) is 10.5 Å². The predicted molar refractivity (Wildman–Crippen MR) is 76.9 cm³/mol. The molecule has 104 valence electrons. The van der Waals surface area contributed by atoms with Crippen molar-refractivity contribution >= 4 is 11.7 Å². The van der Waals surface area contributed by atoms with Crippen LogP contribution in [-0.4, -0.2) is 22.8 Å². The monoisotopic (exact) mass is 272 g/mol. The molecule has 0 aliphatic rings. The van der Waals surface area contributed by atoms with Gasteiger partial charge in [-0.1, -0.05) is 24.3 Å². The van der Waals surface area contributed by atoms with Gasteiger partial charge in [-0.2, -0.15) is 0 Å².